The number of halogens is 3. The molecule has 0 bridgehead atoms. The van der Waals surface area contributed by atoms with Crippen LogP contribution in [0.2, 0.25) is 0 Å². The van der Waals surface area contributed by atoms with E-state index in [9.17, 15) is 18.0 Å². The van der Waals surface area contributed by atoms with Crippen LogP contribution < -0.4 is 11.1 Å². The Bertz CT molecular complexity index is 1130. The molecule has 9 heteroatoms. The lowest BCUT2D eigenvalue weighted by Gasteiger charge is -2.33. The van der Waals surface area contributed by atoms with Crippen molar-refractivity contribution < 1.29 is 18.0 Å². The first kappa shape index (κ1) is 24.1. The number of nitrogens with two attached hydrogens (primary N) is 1. The number of carbonyl (C=O) groups is 1. The van der Waals surface area contributed by atoms with Crippen LogP contribution in [0.1, 0.15) is 60.4 Å². The molecular weight excluding hydrogens is 443 g/mol. The van der Waals surface area contributed by atoms with Crippen LogP contribution in [-0.2, 0) is 19.0 Å². The number of fused-ring (bicyclic) bond motifs is 1. The lowest BCUT2D eigenvalue weighted by Crippen LogP contribution is -2.42. The molecule has 2 aromatic rings. The lowest BCUT2D eigenvalue weighted by atomic mass is 9.76. The van der Waals surface area contributed by atoms with Crippen molar-refractivity contribution in [3.63, 3.8) is 0 Å². The molecule has 6 nitrogen and oxygen atoms in total. The quantitative estimate of drug-likeness (QED) is 0.644. The first-order valence-electron chi connectivity index (χ1n) is 11.5. The van der Waals surface area contributed by atoms with Gasteiger partial charge >= 0.3 is 6.18 Å². The molecule has 1 aliphatic heterocycles. The molecule has 182 valence electrons. The van der Waals surface area contributed by atoms with Crippen LogP contribution in [-0.4, -0.2) is 46.3 Å². The highest BCUT2D eigenvalue weighted by Crippen LogP contribution is 2.42. The molecule has 1 aliphatic carbocycles. The molecule has 1 aromatic heterocycles. The van der Waals surface area contributed by atoms with E-state index >= 15 is 0 Å². The highest BCUT2D eigenvalue weighted by atomic mass is 19.4. The van der Waals surface area contributed by atoms with Crippen molar-refractivity contribution in [3.05, 3.63) is 40.7 Å². The van der Waals surface area contributed by atoms with E-state index < -0.39 is 17.8 Å². The summed E-state index contributed by atoms with van der Waals surface area (Å²) in [5.74, 6) is 2.05. The normalized spacial score (nSPS) is 20.4. The zero-order valence-electron chi connectivity index (χ0n) is 19.5. The zero-order valence-corrected chi connectivity index (χ0v) is 19.5. The van der Waals surface area contributed by atoms with E-state index in [-0.39, 0.29) is 22.6 Å². The predicted molar refractivity (Wildman–Crippen MR) is 125 cm³/mol. The van der Waals surface area contributed by atoms with Gasteiger partial charge in [-0.2, -0.15) is 18.3 Å². The molecule has 2 aliphatic rings. The van der Waals surface area contributed by atoms with Gasteiger partial charge in [-0.3, -0.25) is 9.69 Å². The number of primary amides is 1. The summed E-state index contributed by atoms with van der Waals surface area (Å²) in [6.45, 7) is 6.25. The zero-order chi connectivity index (χ0) is 24.7. The van der Waals surface area contributed by atoms with Gasteiger partial charge in [-0.1, -0.05) is 19.8 Å². The number of aromatic nitrogens is 2. The van der Waals surface area contributed by atoms with Crippen LogP contribution in [0.15, 0.2) is 18.2 Å². The summed E-state index contributed by atoms with van der Waals surface area (Å²) >= 11 is 0. The van der Waals surface area contributed by atoms with Crippen LogP contribution in [0.3, 0.4) is 0 Å². The van der Waals surface area contributed by atoms with Crippen LogP contribution in [0.25, 0.3) is 5.69 Å². The Balaban J connectivity index is 1.74. The van der Waals surface area contributed by atoms with E-state index in [4.69, 9.17) is 12.2 Å². The number of likely N-dealkylation sites (tertiary alicyclic amines) is 1. The maximum atomic E-state index is 13.8. The average molecular weight is 474 g/mol. The Labute approximate surface area is 197 Å². The highest BCUT2D eigenvalue weighted by molar-refractivity contribution is 5.99. The molecular formula is C25H30F3N5O. The van der Waals surface area contributed by atoms with E-state index in [0.29, 0.717) is 49.4 Å². The molecule has 1 unspecified atom stereocenters. The second kappa shape index (κ2) is 8.99. The van der Waals surface area contributed by atoms with Gasteiger partial charge in [0.1, 0.15) is 0 Å². The molecule has 4 rings (SSSR count). The van der Waals surface area contributed by atoms with Crippen molar-refractivity contribution in [1.82, 2.24) is 14.7 Å². The van der Waals surface area contributed by atoms with E-state index in [1.54, 1.807) is 18.2 Å². The molecule has 3 N–H and O–H groups in total. The minimum atomic E-state index is -4.53. The van der Waals surface area contributed by atoms with E-state index in [0.717, 1.165) is 19.4 Å². The molecule has 1 aromatic carbocycles. The Kier molecular flexibility index (Phi) is 6.38. The fourth-order valence-corrected chi connectivity index (χ4v) is 5.04. The first-order chi connectivity index (χ1) is 16.0. The number of nitrogens with one attached hydrogen (secondary N) is 1. The van der Waals surface area contributed by atoms with Crippen molar-refractivity contribution in [2.75, 3.05) is 25.0 Å². The molecule has 1 fully saturated rings. The minimum absolute atomic E-state index is 0.0339. The number of carbonyl (C=O) groups excluding carboxylic acids is 1. The number of rotatable bonds is 5. The Morgan fingerprint density at radius 1 is 1.38 bits per heavy atom. The Hall–Kier alpha value is -2.99. The molecule has 34 heavy (non-hydrogen) atoms. The lowest BCUT2D eigenvalue weighted by molar-refractivity contribution is -0.142. The number of alkyl halides is 3. The highest BCUT2D eigenvalue weighted by Gasteiger charge is 2.42. The van der Waals surface area contributed by atoms with Crippen LogP contribution in [0, 0.1) is 17.8 Å². The van der Waals surface area contributed by atoms with E-state index in [1.807, 2.05) is 0 Å². The number of terminal acetylenes is 1. The molecule has 1 amide bonds. The van der Waals surface area contributed by atoms with Crippen LogP contribution in [0.5, 0.6) is 0 Å². The third-order valence-electron chi connectivity index (χ3n) is 6.75. The molecule has 0 saturated carbocycles. The van der Waals surface area contributed by atoms with Gasteiger partial charge in [-0.25, -0.2) is 4.68 Å². The number of anilines is 1. The van der Waals surface area contributed by atoms with Gasteiger partial charge in [-0.05, 0) is 62.3 Å². The van der Waals surface area contributed by atoms with E-state index in [1.165, 1.54) is 4.68 Å². The second-order valence-corrected chi connectivity index (χ2v) is 10.0. The predicted octanol–water partition coefficient (Wildman–Crippen LogP) is 4.01. The van der Waals surface area contributed by atoms with Crippen LogP contribution in [0.4, 0.5) is 18.9 Å². The topological polar surface area (TPSA) is 76.2 Å². The average Bonchev–Trinajstić information content (AvgIpc) is 3.12. The van der Waals surface area contributed by atoms with E-state index in [2.05, 4.69) is 35.1 Å². The van der Waals surface area contributed by atoms with Gasteiger partial charge in [0, 0.05) is 29.5 Å². The van der Waals surface area contributed by atoms with Gasteiger partial charge in [0.15, 0.2) is 5.69 Å². The van der Waals surface area contributed by atoms with Crippen molar-refractivity contribution in [1.29, 1.82) is 0 Å². The van der Waals surface area contributed by atoms with Gasteiger partial charge in [-0.15, -0.1) is 6.42 Å². The van der Waals surface area contributed by atoms with Crippen molar-refractivity contribution in [3.8, 4) is 18.0 Å². The molecule has 1 saturated heterocycles. The number of piperidine rings is 1. The van der Waals surface area contributed by atoms with Gasteiger partial charge in [0.25, 0.3) is 5.91 Å². The summed E-state index contributed by atoms with van der Waals surface area (Å²) in [5, 5.41) is 7.40. The summed E-state index contributed by atoms with van der Waals surface area (Å²) in [6, 6.07) is 4.87. The number of hydrogen-bond acceptors (Lipinski definition) is 4. The molecule has 0 radical (unpaired) electrons. The fourth-order valence-electron chi connectivity index (χ4n) is 5.04. The van der Waals surface area contributed by atoms with Crippen molar-refractivity contribution >= 4 is 11.6 Å². The first-order valence-corrected chi connectivity index (χ1v) is 11.5. The Morgan fingerprint density at radius 3 is 2.82 bits per heavy atom. The summed E-state index contributed by atoms with van der Waals surface area (Å²) in [5.41, 5.74) is 6.71. The fraction of sp³-hybridized carbons (Fsp3) is 0.520. The minimum Gasteiger partial charge on any atom is -0.380 e. The van der Waals surface area contributed by atoms with Gasteiger partial charge < -0.3 is 11.1 Å². The standard InChI is InChI=1S/C25H30F3N5O/c1-4-11-32-12-5-6-16(15-32)30-20-13-17(7-8-18(20)23(29)34)33-21-14-24(2,3)10-9-19(21)22(31-33)25(26,27)28/h1,7-8,13,16,30H,5-6,9-12,14-15H2,2-3H3,(H2,29,34). The van der Waals surface area contributed by atoms with Gasteiger partial charge in [0.05, 0.1) is 17.8 Å². The monoisotopic (exact) mass is 473 g/mol. The van der Waals surface area contributed by atoms with Crippen molar-refractivity contribution in [2.45, 2.75) is 58.2 Å². The largest absolute Gasteiger partial charge is 0.435 e. The molecule has 2 heterocycles. The summed E-state index contributed by atoms with van der Waals surface area (Å²) in [7, 11) is 0. The van der Waals surface area contributed by atoms with Crippen molar-refractivity contribution in [2.24, 2.45) is 11.1 Å². The third-order valence-corrected chi connectivity index (χ3v) is 6.75. The summed E-state index contributed by atoms with van der Waals surface area (Å²) < 4.78 is 42.8. The third kappa shape index (κ3) is 4.92. The second-order valence-electron chi connectivity index (χ2n) is 10.0. The SMILES string of the molecule is C#CCN1CCCC(Nc2cc(-n3nc(C(F)(F)F)c4c3CC(C)(C)CC4)ccc2C(N)=O)C1. The number of amides is 1. The Morgan fingerprint density at radius 2 is 2.15 bits per heavy atom. The molecule has 1 atom stereocenters. The summed E-state index contributed by atoms with van der Waals surface area (Å²) in [4.78, 5) is 14.3. The van der Waals surface area contributed by atoms with Gasteiger partial charge in [0.2, 0.25) is 0 Å². The maximum absolute atomic E-state index is 13.8. The maximum Gasteiger partial charge on any atom is 0.435 e. The smallest absolute Gasteiger partial charge is 0.380 e. The number of hydrogen-bond donors (Lipinski definition) is 2. The summed E-state index contributed by atoms with van der Waals surface area (Å²) in [6.07, 6.45) is 4.22. The van der Waals surface area contributed by atoms with Crippen LogP contribution >= 0.6 is 0 Å². The molecule has 0 spiro atoms. The number of benzene rings is 1. The number of nitrogens with zero attached hydrogens (tertiary/aromatic N) is 3.